The summed E-state index contributed by atoms with van der Waals surface area (Å²) in [7, 11) is 0. The van der Waals surface area contributed by atoms with Gasteiger partial charge in [0.25, 0.3) is 0 Å². The van der Waals surface area contributed by atoms with Gasteiger partial charge in [-0.25, -0.2) is 4.98 Å². The minimum atomic E-state index is -0.484. The highest BCUT2D eigenvalue weighted by Crippen LogP contribution is 2.27. The van der Waals surface area contributed by atoms with Crippen molar-refractivity contribution in [3.63, 3.8) is 0 Å². The van der Waals surface area contributed by atoms with E-state index in [1.807, 2.05) is 19.1 Å². The second-order valence-electron chi connectivity index (χ2n) is 5.79. The zero-order chi connectivity index (χ0) is 18.1. The first-order valence-corrected chi connectivity index (χ1v) is 8.27. The summed E-state index contributed by atoms with van der Waals surface area (Å²) >= 11 is 0. The van der Waals surface area contributed by atoms with Crippen LogP contribution in [0.1, 0.15) is 24.8 Å². The van der Waals surface area contributed by atoms with Gasteiger partial charge in [0.2, 0.25) is 0 Å². The van der Waals surface area contributed by atoms with Gasteiger partial charge in [-0.05, 0) is 49.9 Å². The summed E-state index contributed by atoms with van der Waals surface area (Å²) in [5, 5.41) is 23.7. The zero-order valence-electron chi connectivity index (χ0n) is 14.2. The molecule has 0 aliphatic rings. The number of aryl methyl sites for hydroxylation is 1. The van der Waals surface area contributed by atoms with Crippen LogP contribution in [0.15, 0.2) is 42.6 Å². The van der Waals surface area contributed by atoms with Gasteiger partial charge in [0.15, 0.2) is 5.75 Å². The van der Waals surface area contributed by atoms with E-state index in [1.165, 1.54) is 6.07 Å². The SMILES string of the molecule is Cc1ccnc(NCCCCC(CO)Oc2ccccc2[N+](=O)[O-])c1. The number of rotatable bonds is 10. The van der Waals surface area contributed by atoms with E-state index in [4.69, 9.17) is 4.74 Å². The molecule has 0 spiro atoms. The number of pyridine rings is 1. The quantitative estimate of drug-likeness (QED) is 0.389. The van der Waals surface area contributed by atoms with Crippen LogP contribution in [0.2, 0.25) is 0 Å². The van der Waals surface area contributed by atoms with Crippen LogP contribution in [0, 0.1) is 17.0 Å². The number of aliphatic hydroxyl groups is 1. The molecule has 0 saturated heterocycles. The molecule has 0 fully saturated rings. The molecule has 7 heteroatoms. The largest absolute Gasteiger partial charge is 0.481 e. The molecule has 1 unspecified atom stereocenters. The number of ether oxygens (including phenoxy) is 1. The summed E-state index contributed by atoms with van der Waals surface area (Å²) < 4.78 is 5.61. The Morgan fingerprint density at radius 1 is 1.32 bits per heavy atom. The number of hydrogen-bond acceptors (Lipinski definition) is 6. The Balaban J connectivity index is 1.76. The van der Waals surface area contributed by atoms with Gasteiger partial charge in [-0.3, -0.25) is 10.1 Å². The van der Waals surface area contributed by atoms with Gasteiger partial charge >= 0.3 is 5.69 Å². The fourth-order valence-corrected chi connectivity index (χ4v) is 2.42. The fraction of sp³-hybridized carbons (Fsp3) is 0.389. The van der Waals surface area contributed by atoms with Crippen molar-refractivity contribution >= 4 is 11.5 Å². The van der Waals surface area contributed by atoms with E-state index in [1.54, 1.807) is 24.4 Å². The van der Waals surface area contributed by atoms with E-state index in [2.05, 4.69) is 10.3 Å². The molecule has 1 heterocycles. The number of benzene rings is 1. The maximum Gasteiger partial charge on any atom is 0.310 e. The molecule has 2 rings (SSSR count). The first-order chi connectivity index (χ1) is 12.1. The Hall–Kier alpha value is -2.67. The molecule has 25 heavy (non-hydrogen) atoms. The van der Waals surface area contributed by atoms with Crippen molar-refractivity contribution < 1.29 is 14.8 Å². The molecule has 0 aliphatic heterocycles. The topological polar surface area (TPSA) is 97.5 Å². The molecule has 0 radical (unpaired) electrons. The number of nitrogens with one attached hydrogen (secondary N) is 1. The number of hydrogen-bond donors (Lipinski definition) is 2. The van der Waals surface area contributed by atoms with Crippen LogP contribution in [-0.4, -0.2) is 34.3 Å². The maximum atomic E-state index is 11.0. The molecule has 2 N–H and O–H groups in total. The summed E-state index contributed by atoms with van der Waals surface area (Å²) in [4.78, 5) is 14.7. The number of nitrogens with zero attached hydrogens (tertiary/aromatic N) is 2. The third-order valence-electron chi connectivity index (χ3n) is 3.73. The molecule has 1 aromatic heterocycles. The average Bonchev–Trinajstić information content (AvgIpc) is 2.60. The van der Waals surface area contributed by atoms with Gasteiger partial charge in [-0.1, -0.05) is 12.1 Å². The van der Waals surface area contributed by atoms with E-state index < -0.39 is 11.0 Å². The Morgan fingerprint density at radius 2 is 2.12 bits per heavy atom. The lowest BCUT2D eigenvalue weighted by Gasteiger charge is -2.16. The predicted octanol–water partition coefficient (Wildman–Crippen LogP) is 3.32. The molecular formula is C18H23N3O4. The first kappa shape index (κ1) is 18.7. The van der Waals surface area contributed by atoms with E-state index >= 15 is 0 Å². The summed E-state index contributed by atoms with van der Waals surface area (Å²) in [5.41, 5.74) is 1.06. The van der Waals surface area contributed by atoms with Crippen LogP contribution in [0.4, 0.5) is 11.5 Å². The number of nitro benzene ring substituents is 1. The summed E-state index contributed by atoms with van der Waals surface area (Å²) in [6.45, 7) is 2.60. The Kier molecular flexibility index (Phi) is 7.16. The lowest BCUT2D eigenvalue weighted by molar-refractivity contribution is -0.386. The van der Waals surface area contributed by atoms with Crippen LogP contribution < -0.4 is 10.1 Å². The first-order valence-electron chi connectivity index (χ1n) is 8.27. The molecule has 7 nitrogen and oxygen atoms in total. The van der Waals surface area contributed by atoms with Gasteiger partial charge in [0, 0.05) is 18.8 Å². The lowest BCUT2D eigenvalue weighted by Crippen LogP contribution is -2.21. The summed E-state index contributed by atoms with van der Waals surface area (Å²) in [5.74, 6) is 1.03. The number of anilines is 1. The minimum absolute atomic E-state index is 0.0897. The van der Waals surface area contributed by atoms with Gasteiger partial charge in [-0.15, -0.1) is 0 Å². The normalized spacial score (nSPS) is 11.8. The second kappa shape index (κ2) is 9.58. The molecular weight excluding hydrogens is 322 g/mol. The molecule has 134 valence electrons. The Morgan fingerprint density at radius 3 is 2.84 bits per heavy atom. The molecule has 0 bridgehead atoms. The molecule has 0 aliphatic carbocycles. The summed E-state index contributed by atoms with van der Waals surface area (Å²) in [6.07, 6.45) is 3.63. The van der Waals surface area contributed by atoms with Crippen molar-refractivity contribution in [2.45, 2.75) is 32.3 Å². The van der Waals surface area contributed by atoms with E-state index in [9.17, 15) is 15.2 Å². The number of aliphatic hydroxyl groups excluding tert-OH is 1. The minimum Gasteiger partial charge on any atom is -0.481 e. The van der Waals surface area contributed by atoms with Crippen LogP contribution in [0.3, 0.4) is 0 Å². The number of unbranched alkanes of at least 4 members (excludes halogenated alkanes) is 1. The maximum absolute atomic E-state index is 11.0. The van der Waals surface area contributed by atoms with Crippen molar-refractivity contribution in [1.29, 1.82) is 0 Å². The molecule has 0 amide bonds. The van der Waals surface area contributed by atoms with E-state index in [0.29, 0.717) is 6.42 Å². The standard InChI is InChI=1S/C18H23N3O4/c1-14-9-11-20-18(12-14)19-10-5-4-6-15(13-22)25-17-8-3-2-7-16(17)21(23)24/h2-3,7-9,11-12,15,22H,4-6,10,13H2,1H3,(H,19,20). The van der Waals surface area contributed by atoms with Gasteiger partial charge in [-0.2, -0.15) is 0 Å². The molecule has 1 aromatic carbocycles. The smallest absolute Gasteiger partial charge is 0.310 e. The van der Waals surface area contributed by atoms with Gasteiger partial charge in [0.05, 0.1) is 11.5 Å². The second-order valence-corrected chi connectivity index (χ2v) is 5.79. The van der Waals surface area contributed by atoms with Gasteiger partial charge in [0.1, 0.15) is 11.9 Å². The van der Waals surface area contributed by atoms with Crippen LogP contribution in [0.25, 0.3) is 0 Å². The lowest BCUT2D eigenvalue weighted by atomic mass is 10.1. The van der Waals surface area contributed by atoms with Crippen LogP contribution in [0.5, 0.6) is 5.75 Å². The van der Waals surface area contributed by atoms with E-state index in [0.717, 1.165) is 30.8 Å². The number of nitro groups is 1. The third-order valence-corrected chi connectivity index (χ3v) is 3.73. The third kappa shape index (κ3) is 6.04. The van der Waals surface area contributed by atoms with Crippen molar-refractivity contribution in [3.05, 3.63) is 58.3 Å². The molecule has 1 atom stereocenters. The molecule has 2 aromatic rings. The van der Waals surface area contributed by atoms with Crippen molar-refractivity contribution in [2.75, 3.05) is 18.5 Å². The van der Waals surface area contributed by atoms with Crippen molar-refractivity contribution in [2.24, 2.45) is 0 Å². The monoisotopic (exact) mass is 345 g/mol. The van der Waals surface area contributed by atoms with E-state index in [-0.39, 0.29) is 18.0 Å². The highest BCUT2D eigenvalue weighted by molar-refractivity contribution is 5.45. The fourth-order valence-electron chi connectivity index (χ4n) is 2.42. The summed E-state index contributed by atoms with van der Waals surface area (Å²) in [6, 6.07) is 10.1. The van der Waals surface area contributed by atoms with Crippen molar-refractivity contribution in [3.8, 4) is 5.75 Å². The van der Waals surface area contributed by atoms with Crippen molar-refractivity contribution in [1.82, 2.24) is 4.98 Å². The zero-order valence-corrected chi connectivity index (χ0v) is 14.2. The van der Waals surface area contributed by atoms with Crippen LogP contribution >= 0.6 is 0 Å². The number of para-hydroxylation sites is 2. The Labute approximate surface area is 146 Å². The Bertz CT molecular complexity index is 694. The van der Waals surface area contributed by atoms with Crippen LogP contribution in [-0.2, 0) is 0 Å². The average molecular weight is 345 g/mol. The highest BCUT2D eigenvalue weighted by atomic mass is 16.6. The molecule has 0 saturated carbocycles. The highest BCUT2D eigenvalue weighted by Gasteiger charge is 2.17. The number of aromatic nitrogens is 1. The predicted molar refractivity (Wildman–Crippen MR) is 95.9 cm³/mol. The van der Waals surface area contributed by atoms with Gasteiger partial charge < -0.3 is 15.2 Å².